The van der Waals surface area contributed by atoms with Crippen LogP contribution in [0.3, 0.4) is 0 Å². The SMILES string of the molecule is NC(=S)c1ccccc1OCC(=O)Nc1ncc[nH]1. The molecule has 98 valence electrons. The number of ether oxygens (including phenoxy) is 1. The molecule has 0 saturated heterocycles. The quantitative estimate of drug-likeness (QED) is 0.710. The lowest BCUT2D eigenvalue weighted by molar-refractivity contribution is -0.118. The van der Waals surface area contributed by atoms with Gasteiger partial charge < -0.3 is 15.5 Å². The number of aromatic amines is 1. The largest absolute Gasteiger partial charge is 0.483 e. The van der Waals surface area contributed by atoms with Crippen LogP contribution in [0.15, 0.2) is 36.7 Å². The third-order valence-corrected chi connectivity index (χ3v) is 2.49. The Morgan fingerprint density at radius 1 is 1.47 bits per heavy atom. The van der Waals surface area contributed by atoms with Crippen molar-refractivity contribution in [2.75, 3.05) is 11.9 Å². The molecule has 1 heterocycles. The van der Waals surface area contributed by atoms with E-state index in [1.807, 2.05) is 0 Å². The summed E-state index contributed by atoms with van der Waals surface area (Å²) in [6.07, 6.45) is 3.15. The highest BCUT2D eigenvalue weighted by Crippen LogP contribution is 2.17. The summed E-state index contributed by atoms with van der Waals surface area (Å²) in [5.74, 6) is 0.522. The minimum atomic E-state index is -0.326. The van der Waals surface area contributed by atoms with Crippen LogP contribution in [0.2, 0.25) is 0 Å². The van der Waals surface area contributed by atoms with Gasteiger partial charge in [-0.3, -0.25) is 10.1 Å². The number of carbonyl (C=O) groups is 1. The molecule has 0 aliphatic heterocycles. The fourth-order valence-electron chi connectivity index (χ4n) is 1.44. The first-order valence-electron chi connectivity index (χ1n) is 5.47. The summed E-state index contributed by atoms with van der Waals surface area (Å²) < 4.78 is 5.39. The molecule has 1 aromatic carbocycles. The second-order valence-corrected chi connectivity index (χ2v) is 4.07. The molecule has 6 nitrogen and oxygen atoms in total. The van der Waals surface area contributed by atoms with Crippen LogP contribution in [0.1, 0.15) is 5.56 Å². The number of aromatic nitrogens is 2. The number of rotatable bonds is 5. The number of carbonyl (C=O) groups excluding carboxylic acids is 1. The van der Waals surface area contributed by atoms with Gasteiger partial charge in [0.25, 0.3) is 5.91 Å². The molecular formula is C12H12N4O2S. The fraction of sp³-hybridized carbons (Fsp3) is 0.0833. The highest BCUT2D eigenvalue weighted by Gasteiger charge is 2.09. The number of anilines is 1. The number of nitrogens with zero attached hydrogens (tertiary/aromatic N) is 1. The maximum absolute atomic E-state index is 11.6. The number of para-hydroxylation sites is 1. The van der Waals surface area contributed by atoms with E-state index in [1.165, 1.54) is 0 Å². The van der Waals surface area contributed by atoms with Gasteiger partial charge in [-0.2, -0.15) is 0 Å². The van der Waals surface area contributed by atoms with E-state index in [4.69, 9.17) is 22.7 Å². The predicted molar refractivity (Wildman–Crippen MR) is 75.0 cm³/mol. The first-order valence-corrected chi connectivity index (χ1v) is 5.88. The summed E-state index contributed by atoms with van der Waals surface area (Å²) in [6, 6.07) is 7.02. The van der Waals surface area contributed by atoms with E-state index in [0.717, 1.165) is 0 Å². The molecule has 2 aromatic rings. The molecule has 0 spiro atoms. The lowest BCUT2D eigenvalue weighted by atomic mass is 10.2. The van der Waals surface area contributed by atoms with Crippen LogP contribution in [0, 0.1) is 0 Å². The van der Waals surface area contributed by atoms with Gasteiger partial charge in [0.1, 0.15) is 10.7 Å². The molecular weight excluding hydrogens is 264 g/mol. The Labute approximate surface area is 115 Å². The van der Waals surface area contributed by atoms with E-state index < -0.39 is 0 Å². The van der Waals surface area contributed by atoms with Gasteiger partial charge in [0.2, 0.25) is 5.95 Å². The Bertz CT molecular complexity index is 583. The Kier molecular flexibility index (Phi) is 4.09. The van der Waals surface area contributed by atoms with E-state index in [9.17, 15) is 4.79 Å². The van der Waals surface area contributed by atoms with Crippen molar-refractivity contribution in [1.82, 2.24) is 9.97 Å². The normalized spacial score (nSPS) is 9.89. The van der Waals surface area contributed by atoms with Crippen molar-refractivity contribution in [2.45, 2.75) is 0 Å². The zero-order valence-electron chi connectivity index (χ0n) is 9.92. The molecule has 0 radical (unpaired) electrons. The van der Waals surface area contributed by atoms with Crippen LogP contribution >= 0.6 is 12.2 Å². The molecule has 1 aromatic heterocycles. The number of H-pyrrole nitrogens is 1. The predicted octanol–water partition coefficient (Wildman–Crippen LogP) is 1.06. The van der Waals surface area contributed by atoms with Gasteiger partial charge in [-0.05, 0) is 12.1 Å². The fourth-order valence-corrected chi connectivity index (χ4v) is 1.61. The molecule has 0 saturated carbocycles. The van der Waals surface area contributed by atoms with Gasteiger partial charge in [0.15, 0.2) is 6.61 Å². The molecule has 0 unspecified atom stereocenters. The van der Waals surface area contributed by atoms with E-state index in [1.54, 1.807) is 36.7 Å². The highest BCUT2D eigenvalue weighted by molar-refractivity contribution is 7.80. The minimum absolute atomic E-state index is 0.152. The maximum Gasteiger partial charge on any atom is 0.264 e. The van der Waals surface area contributed by atoms with E-state index in [-0.39, 0.29) is 17.5 Å². The first-order chi connectivity index (χ1) is 9.16. The zero-order valence-corrected chi connectivity index (χ0v) is 10.7. The van der Waals surface area contributed by atoms with Crippen LogP contribution in [-0.2, 0) is 4.79 Å². The number of hydrogen-bond donors (Lipinski definition) is 3. The maximum atomic E-state index is 11.6. The van der Waals surface area contributed by atoms with Crippen molar-refractivity contribution in [3.8, 4) is 5.75 Å². The molecule has 0 atom stereocenters. The average Bonchev–Trinajstić information content (AvgIpc) is 2.89. The highest BCUT2D eigenvalue weighted by atomic mass is 32.1. The number of nitrogens with one attached hydrogen (secondary N) is 2. The van der Waals surface area contributed by atoms with Crippen molar-refractivity contribution in [3.63, 3.8) is 0 Å². The molecule has 7 heteroatoms. The third kappa shape index (κ3) is 3.52. The van der Waals surface area contributed by atoms with Crippen LogP contribution in [0.5, 0.6) is 5.75 Å². The first kappa shape index (κ1) is 13.0. The summed E-state index contributed by atoms with van der Waals surface area (Å²) in [5, 5.41) is 2.55. The van der Waals surface area contributed by atoms with Crippen molar-refractivity contribution >= 4 is 29.1 Å². The number of imidazole rings is 1. The Balaban J connectivity index is 1.95. The van der Waals surface area contributed by atoms with E-state index >= 15 is 0 Å². The Hall–Kier alpha value is -2.41. The average molecular weight is 276 g/mol. The standard InChI is InChI=1S/C12H12N4O2S/c13-11(19)8-3-1-2-4-9(8)18-7-10(17)16-12-14-5-6-15-12/h1-6H,7H2,(H2,13,19)(H2,14,15,16,17). The smallest absolute Gasteiger partial charge is 0.264 e. The number of nitrogens with two attached hydrogens (primary N) is 1. The summed E-state index contributed by atoms with van der Waals surface area (Å²) >= 11 is 4.91. The van der Waals surface area contributed by atoms with Crippen molar-refractivity contribution in [3.05, 3.63) is 42.2 Å². The van der Waals surface area contributed by atoms with Crippen LogP contribution in [0.25, 0.3) is 0 Å². The molecule has 4 N–H and O–H groups in total. The summed E-state index contributed by atoms with van der Waals surface area (Å²) in [4.78, 5) is 18.5. The number of thiocarbonyl (C=S) groups is 1. The van der Waals surface area contributed by atoms with Crippen molar-refractivity contribution < 1.29 is 9.53 Å². The molecule has 0 aliphatic carbocycles. The van der Waals surface area contributed by atoms with Gasteiger partial charge in [0.05, 0.1) is 5.56 Å². The van der Waals surface area contributed by atoms with E-state index in [0.29, 0.717) is 17.3 Å². The summed E-state index contributed by atoms with van der Waals surface area (Å²) in [5.41, 5.74) is 6.17. The molecule has 1 amide bonds. The topological polar surface area (TPSA) is 93.0 Å². The monoisotopic (exact) mass is 276 g/mol. The lowest BCUT2D eigenvalue weighted by Gasteiger charge is -2.09. The summed E-state index contributed by atoms with van der Waals surface area (Å²) in [7, 11) is 0. The van der Waals surface area contributed by atoms with Crippen LogP contribution < -0.4 is 15.8 Å². The number of amides is 1. The van der Waals surface area contributed by atoms with Gasteiger partial charge in [0, 0.05) is 12.4 Å². The van der Waals surface area contributed by atoms with E-state index in [2.05, 4.69) is 15.3 Å². The summed E-state index contributed by atoms with van der Waals surface area (Å²) in [6.45, 7) is -0.152. The molecule has 0 fully saturated rings. The molecule has 0 bridgehead atoms. The van der Waals surface area contributed by atoms with Crippen LogP contribution in [-0.4, -0.2) is 27.5 Å². The van der Waals surface area contributed by atoms with Gasteiger partial charge in [-0.1, -0.05) is 24.4 Å². The Morgan fingerprint density at radius 3 is 2.95 bits per heavy atom. The zero-order chi connectivity index (χ0) is 13.7. The molecule has 2 rings (SSSR count). The van der Waals surface area contributed by atoms with Crippen LogP contribution in [0.4, 0.5) is 5.95 Å². The second-order valence-electron chi connectivity index (χ2n) is 3.64. The van der Waals surface area contributed by atoms with Crippen molar-refractivity contribution in [1.29, 1.82) is 0 Å². The lowest BCUT2D eigenvalue weighted by Crippen LogP contribution is -2.22. The van der Waals surface area contributed by atoms with Gasteiger partial charge in [-0.15, -0.1) is 0 Å². The minimum Gasteiger partial charge on any atom is -0.483 e. The molecule has 0 aliphatic rings. The van der Waals surface area contributed by atoms with Gasteiger partial charge >= 0.3 is 0 Å². The number of benzene rings is 1. The third-order valence-electron chi connectivity index (χ3n) is 2.27. The molecule has 19 heavy (non-hydrogen) atoms. The second kappa shape index (κ2) is 5.96. The number of hydrogen-bond acceptors (Lipinski definition) is 4. The van der Waals surface area contributed by atoms with Gasteiger partial charge in [-0.25, -0.2) is 4.98 Å². The van der Waals surface area contributed by atoms with Crippen molar-refractivity contribution in [2.24, 2.45) is 5.73 Å². The Morgan fingerprint density at radius 2 is 2.26 bits per heavy atom.